The lowest BCUT2D eigenvalue weighted by Gasteiger charge is -2.53. The van der Waals surface area contributed by atoms with Crippen LogP contribution in [0, 0.1) is 17.2 Å². The van der Waals surface area contributed by atoms with Crippen molar-refractivity contribution in [1.82, 2.24) is 29.9 Å². The van der Waals surface area contributed by atoms with Crippen LogP contribution in [0.2, 0.25) is 0 Å². The minimum Gasteiger partial charge on any atom is -0.434 e. The Kier molecular flexibility index (Phi) is 10.4. The summed E-state index contributed by atoms with van der Waals surface area (Å²) in [5.74, 6) is 0.615. The number of hydrogen-bond donors (Lipinski definition) is 1. The van der Waals surface area contributed by atoms with E-state index in [0.29, 0.717) is 30.9 Å². The highest BCUT2D eigenvalue weighted by molar-refractivity contribution is 5.97. The third kappa shape index (κ3) is 7.18. The second-order valence-corrected chi connectivity index (χ2v) is 12.6. The zero-order chi connectivity index (χ0) is 30.6. The van der Waals surface area contributed by atoms with Crippen LogP contribution in [0.3, 0.4) is 0 Å². The maximum absolute atomic E-state index is 14.3. The van der Waals surface area contributed by atoms with E-state index in [4.69, 9.17) is 4.74 Å². The van der Waals surface area contributed by atoms with Crippen LogP contribution >= 0.6 is 0 Å². The fourth-order valence-electron chi connectivity index (χ4n) is 6.41. The molecule has 4 rings (SSSR count). The molecular weight excluding hydrogens is 537 g/mol. The van der Waals surface area contributed by atoms with Crippen molar-refractivity contribution < 1.29 is 19.0 Å². The first-order chi connectivity index (χ1) is 20.0. The number of rotatable bonds is 13. The smallest absolute Gasteiger partial charge is 0.282 e. The summed E-state index contributed by atoms with van der Waals surface area (Å²) in [4.78, 5) is 26.3. The van der Waals surface area contributed by atoms with Crippen molar-refractivity contribution in [2.24, 2.45) is 11.3 Å². The number of likely N-dealkylation sites (tertiary alicyclic amines) is 1. The number of ether oxygens (including phenoxy) is 1. The van der Waals surface area contributed by atoms with Crippen LogP contribution in [0.5, 0.6) is 11.6 Å². The number of halogens is 1. The van der Waals surface area contributed by atoms with E-state index in [0.717, 1.165) is 45.6 Å². The molecule has 0 unspecified atom stereocenters. The van der Waals surface area contributed by atoms with E-state index < -0.39 is 5.82 Å². The standard InChI is InChI=1S/C31H48FN7O3/c1-8-36(7)16-24(40)15-26(21(3)4)38-18-31(19-38)12-13-37(17-31)28-29(35-34-20-33-28)42-27-11-10-23(32)14-25(27)30(41)39(9-2)22(5)6/h10-11,14,20-22,24,26,40H,8-9,12-13,15-19H2,1-7H3/t24-,26-/m0/s1. The van der Waals surface area contributed by atoms with E-state index in [9.17, 15) is 14.3 Å². The lowest BCUT2D eigenvalue weighted by molar-refractivity contribution is -0.0480. The van der Waals surface area contributed by atoms with Gasteiger partial charge in [-0.05, 0) is 71.3 Å². The molecule has 1 aromatic heterocycles. The van der Waals surface area contributed by atoms with E-state index in [1.165, 1.54) is 24.5 Å². The van der Waals surface area contributed by atoms with Gasteiger partial charge in [0.05, 0.1) is 11.7 Å². The Morgan fingerprint density at radius 3 is 2.55 bits per heavy atom. The molecule has 10 nitrogen and oxygen atoms in total. The molecule has 0 saturated carbocycles. The van der Waals surface area contributed by atoms with Crippen LogP contribution in [-0.4, -0.2) is 112 Å². The average Bonchev–Trinajstić information content (AvgIpc) is 3.38. The number of carbonyl (C=O) groups is 1. The molecule has 2 atom stereocenters. The number of aliphatic hydroxyl groups is 1. The quantitative estimate of drug-likeness (QED) is 0.375. The van der Waals surface area contributed by atoms with Gasteiger partial charge in [-0.25, -0.2) is 9.37 Å². The van der Waals surface area contributed by atoms with Crippen LogP contribution < -0.4 is 9.64 Å². The van der Waals surface area contributed by atoms with E-state index in [1.54, 1.807) is 4.90 Å². The molecule has 0 radical (unpaired) electrons. The summed E-state index contributed by atoms with van der Waals surface area (Å²) in [6, 6.07) is 4.22. The van der Waals surface area contributed by atoms with Crippen molar-refractivity contribution >= 4 is 11.7 Å². The molecule has 42 heavy (non-hydrogen) atoms. The van der Waals surface area contributed by atoms with Gasteiger partial charge in [0, 0.05) is 56.8 Å². The van der Waals surface area contributed by atoms with E-state index in [2.05, 4.69) is 50.7 Å². The van der Waals surface area contributed by atoms with Crippen molar-refractivity contribution in [2.75, 3.05) is 57.8 Å². The second kappa shape index (κ2) is 13.6. The Hall–Kier alpha value is -2.89. The van der Waals surface area contributed by atoms with Crippen molar-refractivity contribution in [3.8, 4) is 11.6 Å². The predicted octanol–water partition coefficient (Wildman–Crippen LogP) is 3.91. The lowest BCUT2D eigenvalue weighted by Crippen LogP contribution is -2.62. The Morgan fingerprint density at radius 1 is 1.17 bits per heavy atom. The van der Waals surface area contributed by atoms with Gasteiger partial charge in [0.15, 0.2) is 5.82 Å². The highest BCUT2D eigenvalue weighted by Crippen LogP contribution is 2.44. The summed E-state index contributed by atoms with van der Waals surface area (Å²) in [5, 5.41) is 18.9. The van der Waals surface area contributed by atoms with Crippen molar-refractivity contribution in [2.45, 2.75) is 72.6 Å². The maximum Gasteiger partial charge on any atom is 0.282 e. The summed E-state index contributed by atoms with van der Waals surface area (Å²) in [6.07, 6.45) is 2.83. The molecular formula is C31H48FN7O3. The van der Waals surface area contributed by atoms with Gasteiger partial charge in [0.2, 0.25) is 0 Å². The van der Waals surface area contributed by atoms with Gasteiger partial charge >= 0.3 is 0 Å². The van der Waals surface area contributed by atoms with Crippen molar-refractivity contribution in [3.05, 3.63) is 35.9 Å². The minimum atomic E-state index is -0.511. The van der Waals surface area contributed by atoms with Crippen LogP contribution in [-0.2, 0) is 0 Å². The zero-order valence-electron chi connectivity index (χ0n) is 26.3. The number of anilines is 1. The lowest BCUT2D eigenvalue weighted by atomic mass is 9.76. The summed E-state index contributed by atoms with van der Waals surface area (Å²) >= 11 is 0. The summed E-state index contributed by atoms with van der Waals surface area (Å²) in [6.45, 7) is 17.9. The number of aliphatic hydroxyl groups excluding tert-OH is 1. The molecule has 2 saturated heterocycles. The minimum absolute atomic E-state index is 0.0496. The molecule has 1 spiro atoms. The molecule has 1 N–H and O–H groups in total. The third-order valence-electron chi connectivity index (χ3n) is 8.80. The Labute approximate surface area is 249 Å². The second-order valence-electron chi connectivity index (χ2n) is 12.6. The molecule has 2 aliphatic rings. The largest absolute Gasteiger partial charge is 0.434 e. The number of benzene rings is 1. The number of likely N-dealkylation sites (N-methyl/N-ethyl adjacent to an activating group) is 1. The monoisotopic (exact) mass is 585 g/mol. The number of carbonyl (C=O) groups excluding carboxylic acids is 1. The predicted molar refractivity (Wildman–Crippen MR) is 161 cm³/mol. The van der Waals surface area contributed by atoms with Crippen LogP contribution in [0.15, 0.2) is 24.5 Å². The SMILES string of the molecule is CCN(C)C[C@@H](O)C[C@@H](C(C)C)N1CC2(CCN(c3ncnnc3Oc3ccc(F)cc3C(=O)N(CC)C(C)C)C2)C1. The van der Waals surface area contributed by atoms with Crippen LogP contribution in [0.1, 0.15) is 64.7 Å². The van der Waals surface area contributed by atoms with Gasteiger partial charge in [-0.2, -0.15) is 0 Å². The van der Waals surface area contributed by atoms with E-state index >= 15 is 0 Å². The van der Waals surface area contributed by atoms with Gasteiger partial charge in [-0.15, -0.1) is 10.2 Å². The van der Waals surface area contributed by atoms with E-state index in [-0.39, 0.29) is 40.7 Å². The third-order valence-corrected chi connectivity index (χ3v) is 8.80. The Balaban J connectivity index is 1.46. The first kappa shape index (κ1) is 32.0. The highest BCUT2D eigenvalue weighted by Gasteiger charge is 2.50. The molecule has 0 aliphatic carbocycles. The molecule has 2 aromatic rings. The topological polar surface area (TPSA) is 98.2 Å². The van der Waals surface area contributed by atoms with Gasteiger partial charge in [0.1, 0.15) is 17.9 Å². The first-order valence-electron chi connectivity index (χ1n) is 15.3. The fraction of sp³-hybridized carbons (Fsp3) is 0.677. The molecule has 2 aliphatic heterocycles. The molecule has 1 amide bonds. The van der Waals surface area contributed by atoms with Crippen LogP contribution in [0.4, 0.5) is 10.2 Å². The summed E-state index contributed by atoms with van der Waals surface area (Å²) in [7, 11) is 2.04. The summed E-state index contributed by atoms with van der Waals surface area (Å²) < 4.78 is 20.4. The van der Waals surface area contributed by atoms with Gasteiger partial charge in [0.25, 0.3) is 11.8 Å². The first-order valence-corrected chi connectivity index (χ1v) is 15.3. The number of nitrogens with zero attached hydrogens (tertiary/aromatic N) is 7. The van der Waals surface area contributed by atoms with Gasteiger partial charge in [-0.3, -0.25) is 9.69 Å². The fourth-order valence-corrected chi connectivity index (χ4v) is 6.41. The molecule has 11 heteroatoms. The molecule has 0 bridgehead atoms. The van der Waals surface area contributed by atoms with Crippen molar-refractivity contribution in [1.29, 1.82) is 0 Å². The van der Waals surface area contributed by atoms with Gasteiger partial charge < -0.3 is 24.5 Å². The highest BCUT2D eigenvalue weighted by atomic mass is 19.1. The van der Waals surface area contributed by atoms with Crippen molar-refractivity contribution in [3.63, 3.8) is 0 Å². The molecule has 2 fully saturated rings. The number of aromatic nitrogens is 3. The summed E-state index contributed by atoms with van der Waals surface area (Å²) in [5.41, 5.74) is 0.276. The molecule has 1 aromatic carbocycles. The zero-order valence-corrected chi connectivity index (χ0v) is 26.3. The van der Waals surface area contributed by atoms with Crippen LogP contribution in [0.25, 0.3) is 0 Å². The Morgan fingerprint density at radius 2 is 1.90 bits per heavy atom. The Bertz CT molecular complexity index is 1210. The average molecular weight is 586 g/mol. The van der Waals surface area contributed by atoms with Gasteiger partial charge in [-0.1, -0.05) is 20.8 Å². The normalized spacial score (nSPS) is 18.1. The maximum atomic E-state index is 14.3. The molecule has 232 valence electrons. The van der Waals surface area contributed by atoms with E-state index in [1.807, 2.05) is 27.8 Å². The molecule has 3 heterocycles. The number of hydrogen-bond acceptors (Lipinski definition) is 9. The number of amides is 1.